The topological polar surface area (TPSA) is 102 Å². The number of carboxylic acid groups (broad SMARTS) is 1. The van der Waals surface area contributed by atoms with E-state index in [1.54, 1.807) is 6.07 Å². The average Bonchev–Trinajstić information content (AvgIpc) is 3.25. The molecule has 1 aliphatic rings. The summed E-state index contributed by atoms with van der Waals surface area (Å²) >= 11 is 0. The highest BCUT2D eigenvalue weighted by Crippen LogP contribution is 2.24. The Bertz CT molecular complexity index is 1140. The molecule has 0 saturated carbocycles. The molecular formula is C26H25F3N2O4. The van der Waals surface area contributed by atoms with Gasteiger partial charge in [-0.2, -0.15) is 13.2 Å². The van der Waals surface area contributed by atoms with E-state index in [4.69, 9.17) is 20.4 Å². The van der Waals surface area contributed by atoms with Crippen LogP contribution in [0.15, 0.2) is 72.8 Å². The van der Waals surface area contributed by atoms with Gasteiger partial charge in [-0.25, -0.2) is 4.79 Å². The molecule has 184 valence electrons. The quantitative estimate of drug-likeness (QED) is 0.434. The number of carboxylic acids is 1. The van der Waals surface area contributed by atoms with Crippen molar-refractivity contribution in [2.24, 2.45) is 5.73 Å². The van der Waals surface area contributed by atoms with Gasteiger partial charge in [-0.1, -0.05) is 48.5 Å². The summed E-state index contributed by atoms with van der Waals surface area (Å²) < 4.78 is 37.6. The van der Waals surface area contributed by atoms with Crippen LogP contribution in [0.5, 0.6) is 5.75 Å². The lowest BCUT2D eigenvalue weighted by molar-refractivity contribution is -0.192. The lowest BCUT2D eigenvalue weighted by Gasteiger charge is -2.13. The molecule has 0 fully saturated rings. The normalized spacial score (nSPS) is 12.9. The fraction of sp³-hybridized carbons (Fsp3) is 0.231. The molecule has 0 radical (unpaired) electrons. The summed E-state index contributed by atoms with van der Waals surface area (Å²) in [5.74, 6) is -2.33. The number of halogens is 3. The maximum atomic E-state index is 11.3. The molecular weight excluding hydrogens is 461 g/mol. The lowest BCUT2D eigenvalue weighted by Crippen LogP contribution is -2.33. The molecule has 0 unspecified atom stereocenters. The lowest BCUT2D eigenvalue weighted by atomic mass is 10.0. The molecule has 3 aromatic rings. The number of ether oxygens (including phenoxy) is 1. The maximum absolute atomic E-state index is 11.3. The van der Waals surface area contributed by atoms with Crippen molar-refractivity contribution in [1.82, 2.24) is 5.32 Å². The molecule has 0 aromatic heterocycles. The fourth-order valence-corrected chi connectivity index (χ4v) is 3.73. The molecule has 35 heavy (non-hydrogen) atoms. The molecule has 3 aromatic carbocycles. The predicted molar refractivity (Wildman–Crippen MR) is 125 cm³/mol. The molecule has 1 amide bonds. The van der Waals surface area contributed by atoms with Gasteiger partial charge in [0.2, 0.25) is 5.91 Å². The first-order chi connectivity index (χ1) is 16.6. The van der Waals surface area contributed by atoms with Crippen molar-refractivity contribution in [3.05, 3.63) is 89.5 Å². The standard InChI is InChI=1S/C24H24N2O2.C2HF3O2/c25-24(27)21-7-3-6-18(14-21)17-8-10-23(11-9-17)28-13-12-26-22-15-19-4-1-2-5-20(19)16-22;3-2(4,5)1(6)7/h1-11,14,22,26H,12-13,15-16H2,(H2,25,27);(H,6,7). The van der Waals surface area contributed by atoms with E-state index in [0.717, 1.165) is 36.3 Å². The maximum Gasteiger partial charge on any atom is 0.490 e. The molecule has 0 spiro atoms. The highest BCUT2D eigenvalue weighted by molar-refractivity contribution is 5.94. The van der Waals surface area contributed by atoms with Crippen molar-refractivity contribution in [2.75, 3.05) is 13.2 Å². The van der Waals surface area contributed by atoms with Crippen LogP contribution in [-0.2, 0) is 17.6 Å². The van der Waals surface area contributed by atoms with E-state index >= 15 is 0 Å². The molecule has 0 heterocycles. The highest BCUT2D eigenvalue weighted by Gasteiger charge is 2.38. The first-order valence-electron chi connectivity index (χ1n) is 10.9. The van der Waals surface area contributed by atoms with Crippen molar-refractivity contribution in [2.45, 2.75) is 25.1 Å². The van der Waals surface area contributed by atoms with E-state index in [9.17, 15) is 18.0 Å². The second-order valence-corrected chi connectivity index (χ2v) is 7.95. The van der Waals surface area contributed by atoms with Gasteiger partial charge in [0.15, 0.2) is 0 Å². The predicted octanol–water partition coefficient (Wildman–Crippen LogP) is 4.22. The highest BCUT2D eigenvalue weighted by atomic mass is 19.4. The van der Waals surface area contributed by atoms with E-state index in [-0.39, 0.29) is 0 Å². The number of fused-ring (bicyclic) bond motifs is 1. The van der Waals surface area contributed by atoms with Gasteiger partial charge in [-0.3, -0.25) is 4.79 Å². The second-order valence-electron chi connectivity index (χ2n) is 7.95. The zero-order valence-corrected chi connectivity index (χ0v) is 18.7. The number of nitrogens with one attached hydrogen (secondary N) is 1. The number of rotatable bonds is 7. The Morgan fingerprint density at radius 1 is 0.943 bits per heavy atom. The van der Waals surface area contributed by atoms with E-state index in [1.807, 2.05) is 42.5 Å². The largest absolute Gasteiger partial charge is 0.492 e. The molecule has 0 saturated heterocycles. The van der Waals surface area contributed by atoms with E-state index in [2.05, 4.69) is 29.6 Å². The summed E-state index contributed by atoms with van der Waals surface area (Å²) in [5, 5.41) is 10.7. The molecule has 0 bridgehead atoms. The van der Waals surface area contributed by atoms with Gasteiger partial charge in [0, 0.05) is 18.2 Å². The molecule has 0 atom stereocenters. The number of hydrogen-bond donors (Lipinski definition) is 3. The van der Waals surface area contributed by atoms with Gasteiger partial charge in [0.05, 0.1) is 0 Å². The summed E-state index contributed by atoms with van der Waals surface area (Å²) in [6.45, 7) is 1.45. The summed E-state index contributed by atoms with van der Waals surface area (Å²) in [6, 6.07) is 24.4. The molecule has 9 heteroatoms. The monoisotopic (exact) mass is 486 g/mol. The Labute approximate surface area is 200 Å². The van der Waals surface area contributed by atoms with E-state index in [0.29, 0.717) is 18.2 Å². The van der Waals surface area contributed by atoms with Crippen molar-refractivity contribution < 1.29 is 32.6 Å². The number of hydrogen-bond acceptors (Lipinski definition) is 4. The van der Waals surface area contributed by atoms with Crippen LogP contribution in [0.2, 0.25) is 0 Å². The number of nitrogens with two attached hydrogens (primary N) is 1. The number of carbonyl (C=O) groups excluding carboxylic acids is 1. The Hall–Kier alpha value is -3.85. The van der Waals surface area contributed by atoms with Crippen LogP contribution in [0, 0.1) is 0 Å². The minimum absolute atomic E-state index is 0.417. The van der Waals surface area contributed by atoms with Crippen molar-refractivity contribution in [3.8, 4) is 16.9 Å². The molecule has 0 aliphatic heterocycles. The fourth-order valence-electron chi connectivity index (χ4n) is 3.73. The Morgan fingerprint density at radius 2 is 1.54 bits per heavy atom. The zero-order chi connectivity index (χ0) is 25.4. The smallest absolute Gasteiger partial charge is 0.490 e. The molecule has 1 aliphatic carbocycles. The zero-order valence-electron chi connectivity index (χ0n) is 18.7. The molecule has 4 rings (SSSR count). The van der Waals surface area contributed by atoms with Crippen molar-refractivity contribution in [1.29, 1.82) is 0 Å². The third-order valence-corrected chi connectivity index (χ3v) is 5.43. The van der Waals surface area contributed by atoms with Crippen LogP contribution in [0.4, 0.5) is 13.2 Å². The van der Waals surface area contributed by atoms with Crippen LogP contribution < -0.4 is 15.8 Å². The third-order valence-electron chi connectivity index (χ3n) is 5.43. The Balaban J connectivity index is 0.000000429. The summed E-state index contributed by atoms with van der Waals surface area (Å²) in [7, 11) is 0. The molecule has 4 N–H and O–H groups in total. The van der Waals surface area contributed by atoms with Gasteiger partial charge in [0.1, 0.15) is 12.4 Å². The summed E-state index contributed by atoms with van der Waals surface area (Å²) in [5.41, 5.74) is 10.8. The van der Waals surface area contributed by atoms with E-state index in [1.165, 1.54) is 11.1 Å². The van der Waals surface area contributed by atoms with Crippen LogP contribution in [0.3, 0.4) is 0 Å². The number of primary amides is 1. The van der Waals surface area contributed by atoms with E-state index < -0.39 is 18.1 Å². The number of alkyl halides is 3. The summed E-state index contributed by atoms with van der Waals surface area (Å²) in [6.07, 6.45) is -2.90. The van der Waals surface area contributed by atoms with Gasteiger partial charge in [-0.05, 0) is 59.4 Å². The van der Waals surface area contributed by atoms with Gasteiger partial charge in [0.25, 0.3) is 0 Å². The summed E-state index contributed by atoms with van der Waals surface area (Å²) in [4.78, 5) is 20.2. The van der Waals surface area contributed by atoms with Crippen molar-refractivity contribution >= 4 is 11.9 Å². The van der Waals surface area contributed by atoms with Gasteiger partial charge >= 0.3 is 12.1 Å². The van der Waals surface area contributed by atoms with Crippen LogP contribution in [-0.4, -0.2) is 42.4 Å². The molecule has 6 nitrogen and oxygen atoms in total. The minimum Gasteiger partial charge on any atom is -0.492 e. The second kappa shape index (κ2) is 11.5. The third kappa shape index (κ3) is 7.58. The van der Waals surface area contributed by atoms with Crippen LogP contribution >= 0.6 is 0 Å². The number of aliphatic carboxylic acids is 1. The van der Waals surface area contributed by atoms with Crippen LogP contribution in [0.1, 0.15) is 21.5 Å². The average molecular weight is 486 g/mol. The Kier molecular flexibility index (Phi) is 8.48. The number of benzene rings is 3. The first kappa shape index (κ1) is 25.8. The first-order valence-corrected chi connectivity index (χ1v) is 10.9. The van der Waals surface area contributed by atoms with Gasteiger partial charge in [-0.15, -0.1) is 0 Å². The Morgan fingerprint density at radius 3 is 2.09 bits per heavy atom. The van der Waals surface area contributed by atoms with Gasteiger partial charge < -0.3 is 20.9 Å². The minimum atomic E-state index is -5.08. The van der Waals surface area contributed by atoms with Crippen LogP contribution in [0.25, 0.3) is 11.1 Å². The number of carbonyl (C=O) groups is 2. The van der Waals surface area contributed by atoms with Crippen molar-refractivity contribution in [3.63, 3.8) is 0 Å². The number of amides is 1. The SMILES string of the molecule is NC(=O)c1cccc(-c2ccc(OCCNC3Cc4ccccc4C3)cc2)c1.O=C(O)C(F)(F)F.